The SMILES string of the molecule is C1CC1.O=C1C(=O)N(Cc2ccc(-n3ccnn3)nc2)CCN1CCPF. The second kappa shape index (κ2) is 9.50. The van der Waals surface area contributed by atoms with Crippen molar-refractivity contribution in [3.8, 4) is 5.82 Å². The maximum Gasteiger partial charge on any atom is 0.312 e. The minimum Gasteiger partial charge on any atom is -0.332 e. The van der Waals surface area contributed by atoms with Crippen LogP contribution in [0, 0.1) is 0 Å². The van der Waals surface area contributed by atoms with Crippen LogP contribution in [-0.2, 0) is 16.1 Å². The Labute approximate surface area is 158 Å². The molecular formula is C17H22FN6O2P. The van der Waals surface area contributed by atoms with Crippen LogP contribution >= 0.6 is 8.89 Å². The zero-order valence-electron chi connectivity index (χ0n) is 14.9. The normalized spacial score (nSPS) is 16.6. The van der Waals surface area contributed by atoms with Gasteiger partial charge in [0.05, 0.1) is 21.3 Å². The standard InChI is InChI=1S/C14H16FN6O2P.C3H6/c15-24-8-7-19-5-6-20(14(23)13(19)22)10-11-1-2-12(16-9-11)21-4-3-17-18-21;1-2-3-1/h1-4,9,24H,5-8,10H2;1-3H2. The summed E-state index contributed by atoms with van der Waals surface area (Å²) in [4.78, 5) is 31.4. The molecule has 144 valence electrons. The van der Waals surface area contributed by atoms with Crippen molar-refractivity contribution < 1.29 is 13.8 Å². The number of carbonyl (C=O) groups is 2. The molecule has 1 saturated heterocycles. The first kappa shape index (κ1) is 19.4. The number of amides is 2. The molecule has 2 amide bonds. The molecule has 27 heavy (non-hydrogen) atoms. The lowest BCUT2D eigenvalue weighted by Crippen LogP contribution is -2.54. The maximum atomic E-state index is 12.2. The molecule has 2 aromatic rings. The van der Waals surface area contributed by atoms with Crippen LogP contribution in [0.4, 0.5) is 4.20 Å². The molecule has 1 saturated carbocycles. The molecule has 0 N–H and O–H groups in total. The van der Waals surface area contributed by atoms with Crippen molar-refractivity contribution in [2.45, 2.75) is 25.8 Å². The number of rotatable bonds is 6. The van der Waals surface area contributed by atoms with Gasteiger partial charge in [-0.2, -0.15) is 0 Å². The molecule has 0 aromatic carbocycles. The van der Waals surface area contributed by atoms with Crippen molar-refractivity contribution >= 4 is 20.7 Å². The monoisotopic (exact) mass is 392 g/mol. The summed E-state index contributed by atoms with van der Waals surface area (Å²) in [5, 5.41) is 7.57. The second-order valence-corrected chi connectivity index (χ2v) is 7.10. The number of aromatic nitrogens is 4. The van der Waals surface area contributed by atoms with Crippen LogP contribution in [-0.4, -0.2) is 67.4 Å². The van der Waals surface area contributed by atoms with Gasteiger partial charge in [-0.05, 0) is 11.6 Å². The Balaban J connectivity index is 0.000000637. The number of nitrogens with zero attached hydrogens (tertiary/aromatic N) is 6. The van der Waals surface area contributed by atoms with Crippen LogP contribution in [0.1, 0.15) is 24.8 Å². The van der Waals surface area contributed by atoms with Gasteiger partial charge in [0.2, 0.25) is 0 Å². The van der Waals surface area contributed by atoms with Crippen LogP contribution in [0.25, 0.3) is 5.82 Å². The van der Waals surface area contributed by atoms with Gasteiger partial charge in [-0.1, -0.05) is 30.5 Å². The summed E-state index contributed by atoms with van der Waals surface area (Å²) in [5.41, 5.74) is 0.818. The van der Waals surface area contributed by atoms with Gasteiger partial charge in [0.15, 0.2) is 5.82 Å². The first-order chi connectivity index (χ1) is 13.2. The maximum absolute atomic E-state index is 12.2. The van der Waals surface area contributed by atoms with Crippen LogP contribution in [0.5, 0.6) is 0 Å². The predicted molar refractivity (Wildman–Crippen MR) is 99.3 cm³/mol. The largest absolute Gasteiger partial charge is 0.332 e. The van der Waals surface area contributed by atoms with E-state index >= 15 is 0 Å². The zero-order chi connectivity index (χ0) is 19.1. The Kier molecular flexibility index (Phi) is 6.81. The van der Waals surface area contributed by atoms with E-state index in [2.05, 4.69) is 15.3 Å². The zero-order valence-corrected chi connectivity index (χ0v) is 15.9. The molecule has 2 aliphatic rings. The number of carbonyl (C=O) groups excluding carboxylic acids is 2. The topological polar surface area (TPSA) is 84.2 Å². The molecule has 3 heterocycles. The lowest BCUT2D eigenvalue weighted by Gasteiger charge is -2.33. The van der Waals surface area contributed by atoms with Crippen molar-refractivity contribution in [1.82, 2.24) is 29.8 Å². The van der Waals surface area contributed by atoms with E-state index in [4.69, 9.17) is 0 Å². The van der Waals surface area contributed by atoms with Crippen molar-refractivity contribution in [2.75, 3.05) is 25.8 Å². The van der Waals surface area contributed by atoms with Crippen LogP contribution in [0.15, 0.2) is 30.7 Å². The van der Waals surface area contributed by atoms with Gasteiger partial charge in [-0.3, -0.25) is 9.59 Å². The summed E-state index contributed by atoms with van der Waals surface area (Å²) < 4.78 is 13.8. The molecule has 1 unspecified atom stereocenters. The molecule has 2 fully saturated rings. The van der Waals surface area contributed by atoms with Gasteiger partial charge in [0.1, 0.15) is 0 Å². The van der Waals surface area contributed by atoms with E-state index in [9.17, 15) is 13.8 Å². The van der Waals surface area contributed by atoms with Crippen LogP contribution in [0.3, 0.4) is 0 Å². The molecule has 2 aromatic heterocycles. The van der Waals surface area contributed by atoms with E-state index in [1.54, 1.807) is 24.7 Å². The van der Waals surface area contributed by atoms with Crippen molar-refractivity contribution in [3.63, 3.8) is 0 Å². The molecular weight excluding hydrogens is 370 g/mol. The first-order valence-corrected chi connectivity index (χ1v) is 10.0. The number of hydrogen-bond acceptors (Lipinski definition) is 5. The van der Waals surface area contributed by atoms with Crippen LogP contribution in [0.2, 0.25) is 0 Å². The minimum absolute atomic E-state index is 0.284. The fourth-order valence-corrected chi connectivity index (χ4v) is 2.81. The highest BCUT2D eigenvalue weighted by Gasteiger charge is 2.32. The van der Waals surface area contributed by atoms with Gasteiger partial charge < -0.3 is 9.80 Å². The van der Waals surface area contributed by atoms with E-state index in [-0.39, 0.29) is 6.16 Å². The molecule has 1 aliphatic carbocycles. The third-order valence-corrected chi connectivity index (χ3v) is 4.48. The molecule has 10 heteroatoms. The fourth-order valence-electron chi connectivity index (χ4n) is 2.45. The van der Waals surface area contributed by atoms with Crippen molar-refractivity contribution in [1.29, 1.82) is 0 Å². The van der Waals surface area contributed by atoms with Crippen LogP contribution < -0.4 is 0 Å². The van der Waals surface area contributed by atoms with Crippen molar-refractivity contribution in [3.05, 3.63) is 36.3 Å². The predicted octanol–water partition coefficient (Wildman–Crippen LogP) is 1.57. The number of hydrogen-bond donors (Lipinski definition) is 0. The Hall–Kier alpha value is -2.41. The summed E-state index contributed by atoms with van der Waals surface area (Å²) in [6.45, 7) is 1.47. The van der Waals surface area contributed by atoms with E-state index in [0.29, 0.717) is 32.0 Å². The number of piperazine rings is 1. The molecule has 8 nitrogen and oxygen atoms in total. The van der Waals surface area contributed by atoms with Gasteiger partial charge in [-0.25, -0.2) is 13.9 Å². The molecule has 0 spiro atoms. The van der Waals surface area contributed by atoms with Gasteiger partial charge in [0, 0.05) is 38.5 Å². The Morgan fingerprint density at radius 3 is 2.41 bits per heavy atom. The van der Waals surface area contributed by atoms with E-state index in [1.807, 2.05) is 6.07 Å². The molecule has 1 atom stereocenters. The highest BCUT2D eigenvalue weighted by atomic mass is 31.1. The smallest absolute Gasteiger partial charge is 0.312 e. The first-order valence-electron chi connectivity index (χ1n) is 8.92. The van der Waals surface area contributed by atoms with E-state index in [1.165, 1.54) is 33.7 Å². The Morgan fingerprint density at radius 1 is 1.07 bits per heavy atom. The van der Waals surface area contributed by atoms with E-state index in [0.717, 1.165) is 5.56 Å². The Morgan fingerprint density at radius 2 is 1.81 bits per heavy atom. The summed E-state index contributed by atoms with van der Waals surface area (Å²) >= 11 is 0. The third-order valence-electron chi connectivity index (χ3n) is 4.07. The average Bonchev–Trinajstić information content (AvgIpc) is 3.48. The number of halogens is 1. The van der Waals surface area contributed by atoms with Gasteiger partial charge in [0.25, 0.3) is 0 Å². The lowest BCUT2D eigenvalue weighted by molar-refractivity contribution is -0.156. The van der Waals surface area contributed by atoms with Gasteiger partial charge >= 0.3 is 11.8 Å². The highest BCUT2D eigenvalue weighted by molar-refractivity contribution is 7.31. The summed E-state index contributed by atoms with van der Waals surface area (Å²) in [5.74, 6) is -0.494. The Bertz CT molecular complexity index is 751. The van der Waals surface area contributed by atoms with E-state index < -0.39 is 20.7 Å². The summed E-state index contributed by atoms with van der Waals surface area (Å²) in [7, 11) is -0.714. The third kappa shape index (κ3) is 5.53. The molecule has 0 bridgehead atoms. The molecule has 0 radical (unpaired) electrons. The highest BCUT2D eigenvalue weighted by Crippen LogP contribution is 2.15. The van der Waals surface area contributed by atoms with Crippen molar-refractivity contribution in [2.24, 2.45) is 0 Å². The fraction of sp³-hybridized carbons (Fsp3) is 0.471. The molecule has 1 aliphatic heterocycles. The molecule has 4 rings (SSSR count). The summed E-state index contributed by atoms with van der Waals surface area (Å²) in [6.07, 6.45) is 9.67. The quantitative estimate of drug-likeness (QED) is 0.550. The summed E-state index contributed by atoms with van der Waals surface area (Å²) in [6, 6.07) is 3.60. The minimum atomic E-state index is -0.714. The second-order valence-electron chi connectivity index (χ2n) is 6.34. The average molecular weight is 392 g/mol. The van der Waals surface area contributed by atoms with Gasteiger partial charge in [-0.15, -0.1) is 5.10 Å². The number of pyridine rings is 1. The lowest BCUT2D eigenvalue weighted by atomic mass is 10.2.